The number of nitrogen functional groups attached to an aromatic ring is 1. The lowest BCUT2D eigenvalue weighted by Crippen LogP contribution is -2.04. The van der Waals surface area contributed by atoms with Crippen LogP contribution in [0.2, 0.25) is 0 Å². The molecule has 1 aliphatic rings. The van der Waals surface area contributed by atoms with E-state index in [0.29, 0.717) is 18.0 Å². The fourth-order valence-corrected chi connectivity index (χ4v) is 3.27. The second-order valence-corrected chi connectivity index (χ2v) is 6.27. The van der Waals surface area contributed by atoms with Gasteiger partial charge in [0.1, 0.15) is 12.4 Å². The van der Waals surface area contributed by atoms with E-state index < -0.39 is 0 Å². The molecule has 0 radical (unpaired) electrons. The quantitative estimate of drug-likeness (QED) is 0.788. The summed E-state index contributed by atoms with van der Waals surface area (Å²) < 4.78 is 11.2. The van der Waals surface area contributed by atoms with E-state index in [1.807, 2.05) is 12.1 Å². The highest BCUT2D eigenvalue weighted by Gasteiger charge is 2.12. The van der Waals surface area contributed by atoms with Gasteiger partial charge in [-0.1, -0.05) is 11.2 Å². The van der Waals surface area contributed by atoms with Crippen molar-refractivity contribution in [3.8, 4) is 5.75 Å². The number of benzene rings is 2. The van der Waals surface area contributed by atoms with Crippen LogP contribution in [0.15, 0.2) is 34.9 Å². The van der Waals surface area contributed by atoms with Gasteiger partial charge in [0.25, 0.3) is 0 Å². The molecule has 0 bridgehead atoms. The van der Waals surface area contributed by atoms with Gasteiger partial charge in [-0.15, -0.1) is 0 Å². The first-order valence-corrected chi connectivity index (χ1v) is 8.10. The van der Waals surface area contributed by atoms with Gasteiger partial charge in [-0.2, -0.15) is 0 Å². The summed E-state index contributed by atoms with van der Waals surface area (Å²) in [4.78, 5) is 0. The molecule has 118 valence electrons. The van der Waals surface area contributed by atoms with Gasteiger partial charge >= 0.3 is 0 Å². The number of anilines is 1. The number of ether oxygens (including phenoxy) is 1. The SMILES string of the molecule is Cc1cc2c(N)noc2cc1COc1ccc2c(c1)CCCC2. The molecule has 1 aliphatic carbocycles. The Balaban J connectivity index is 1.55. The van der Waals surface area contributed by atoms with Crippen molar-refractivity contribution >= 4 is 16.8 Å². The monoisotopic (exact) mass is 308 g/mol. The molecule has 0 saturated heterocycles. The van der Waals surface area contributed by atoms with Crippen molar-refractivity contribution in [3.05, 3.63) is 52.6 Å². The molecule has 0 aliphatic heterocycles. The van der Waals surface area contributed by atoms with Crippen LogP contribution in [0.1, 0.15) is 35.1 Å². The number of aryl methyl sites for hydroxylation is 3. The fourth-order valence-electron chi connectivity index (χ4n) is 3.27. The molecule has 4 rings (SSSR count). The predicted octanol–water partition coefficient (Wildman–Crippen LogP) is 4.18. The van der Waals surface area contributed by atoms with Gasteiger partial charge in [0.2, 0.25) is 0 Å². The summed E-state index contributed by atoms with van der Waals surface area (Å²) in [6.07, 6.45) is 4.93. The van der Waals surface area contributed by atoms with Crippen LogP contribution in [0.5, 0.6) is 5.75 Å². The first kappa shape index (κ1) is 14.1. The average molecular weight is 308 g/mol. The molecule has 2 aromatic carbocycles. The molecule has 2 N–H and O–H groups in total. The predicted molar refractivity (Wildman–Crippen MR) is 90.6 cm³/mol. The Kier molecular flexibility index (Phi) is 3.45. The summed E-state index contributed by atoms with van der Waals surface area (Å²) >= 11 is 0. The van der Waals surface area contributed by atoms with Crippen molar-refractivity contribution in [2.75, 3.05) is 5.73 Å². The van der Waals surface area contributed by atoms with E-state index >= 15 is 0 Å². The van der Waals surface area contributed by atoms with Gasteiger partial charge in [-0.25, -0.2) is 0 Å². The molecule has 0 fully saturated rings. The highest BCUT2D eigenvalue weighted by atomic mass is 16.5. The van der Waals surface area contributed by atoms with Crippen LogP contribution in [0.25, 0.3) is 11.0 Å². The lowest BCUT2D eigenvalue weighted by atomic mass is 9.92. The summed E-state index contributed by atoms with van der Waals surface area (Å²) in [5.41, 5.74) is 11.6. The lowest BCUT2D eigenvalue weighted by Gasteiger charge is -2.17. The minimum atomic E-state index is 0.435. The number of aromatic nitrogens is 1. The van der Waals surface area contributed by atoms with Gasteiger partial charge in [0, 0.05) is 0 Å². The number of rotatable bonds is 3. The van der Waals surface area contributed by atoms with Gasteiger partial charge in [-0.3, -0.25) is 0 Å². The van der Waals surface area contributed by atoms with Crippen molar-refractivity contribution in [1.29, 1.82) is 0 Å². The first-order chi connectivity index (χ1) is 11.2. The normalized spacial score (nSPS) is 14.0. The van der Waals surface area contributed by atoms with E-state index in [4.69, 9.17) is 15.0 Å². The van der Waals surface area contributed by atoms with Crippen LogP contribution in [-0.4, -0.2) is 5.16 Å². The highest BCUT2D eigenvalue weighted by molar-refractivity contribution is 5.88. The Morgan fingerprint density at radius 2 is 1.96 bits per heavy atom. The molecule has 3 aromatic rings. The molecule has 23 heavy (non-hydrogen) atoms. The number of fused-ring (bicyclic) bond motifs is 2. The number of hydrogen-bond acceptors (Lipinski definition) is 4. The maximum atomic E-state index is 6.00. The zero-order valence-electron chi connectivity index (χ0n) is 13.3. The lowest BCUT2D eigenvalue weighted by molar-refractivity contribution is 0.304. The van der Waals surface area contributed by atoms with Crippen LogP contribution >= 0.6 is 0 Å². The Morgan fingerprint density at radius 3 is 2.83 bits per heavy atom. The Hall–Kier alpha value is -2.49. The summed E-state index contributed by atoms with van der Waals surface area (Å²) in [7, 11) is 0. The zero-order chi connectivity index (χ0) is 15.8. The van der Waals surface area contributed by atoms with Gasteiger partial charge < -0.3 is 15.0 Å². The second-order valence-electron chi connectivity index (χ2n) is 6.27. The van der Waals surface area contributed by atoms with E-state index in [2.05, 4.69) is 30.3 Å². The van der Waals surface area contributed by atoms with Crippen molar-refractivity contribution in [3.63, 3.8) is 0 Å². The minimum Gasteiger partial charge on any atom is -0.489 e. The molecule has 0 amide bonds. The molecule has 0 spiro atoms. The number of hydrogen-bond donors (Lipinski definition) is 1. The third kappa shape index (κ3) is 2.65. The number of nitrogens with zero attached hydrogens (tertiary/aromatic N) is 1. The Bertz CT molecular complexity index is 867. The minimum absolute atomic E-state index is 0.435. The van der Waals surface area contributed by atoms with E-state index in [1.54, 1.807) is 0 Å². The maximum Gasteiger partial charge on any atom is 0.174 e. The van der Waals surface area contributed by atoms with Crippen molar-refractivity contribution in [2.24, 2.45) is 0 Å². The van der Waals surface area contributed by atoms with Crippen LogP contribution in [0.3, 0.4) is 0 Å². The fraction of sp³-hybridized carbons (Fsp3) is 0.316. The third-order valence-electron chi connectivity index (χ3n) is 4.67. The summed E-state index contributed by atoms with van der Waals surface area (Å²) in [6.45, 7) is 2.57. The molecule has 0 saturated carbocycles. The van der Waals surface area contributed by atoms with E-state index in [1.165, 1.54) is 30.4 Å². The van der Waals surface area contributed by atoms with Gasteiger partial charge in [-0.05, 0) is 79.1 Å². The van der Waals surface area contributed by atoms with E-state index in [-0.39, 0.29) is 0 Å². The molecule has 0 atom stereocenters. The Morgan fingerprint density at radius 1 is 1.13 bits per heavy atom. The van der Waals surface area contributed by atoms with Crippen LogP contribution < -0.4 is 10.5 Å². The van der Waals surface area contributed by atoms with Gasteiger partial charge in [0.05, 0.1) is 5.39 Å². The molecular formula is C19H20N2O2. The summed E-state index contributed by atoms with van der Waals surface area (Å²) in [6, 6.07) is 10.4. The van der Waals surface area contributed by atoms with Crippen LogP contribution in [0, 0.1) is 6.92 Å². The Labute approximate surface area is 135 Å². The topological polar surface area (TPSA) is 61.3 Å². The summed E-state index contributed by atoms with van der Waals surface area (Å²) in [5.74, 6) is 1.37. The molecule has 1 aromatic heterocycles. The van der Waals surface area contributed by atoms with Crippen LogP contribution in [0.4, 0.5) is 5.82 Å². The summed E-state index contributed by atoms with van der Waals surface area (Å²) in [5, 5.41) is 4.67. The molecule has 4 nitrogen and oxygen atoms in total. The standard InChI is InChI=1S/C19H20N2O2/c1-12-8-17-18(23-21-19(17)20)10-15(12)11-22-16-7-6-13-4-2-3-5-14(13)9-16/h6-10H,2-5,11H2,1H3,(H2,20,21). The van der Waals surface area contributed by atoms with E-state index in [9.17, 15) is 0 Å². The molecule has 4 heteroatoms. The second kappa shape index (κ2) is 5.61. The van der Waals surface area contributed by atoms with E-state index in [0.717, 1.165) is 28.7 Å². The van der Waals surface area contributed by atoms with Crippen molar-refractivity contribution in [2.45, 2.75) is 39.2 Å². The smallest absolute Gasteiger partial charge is 0.174 e. The first-order valence-electron chi connectivity index (χ1n) is 8.10. The zero-order valence-corrected chi connectivity index (χ0v) is 13.3. The largest absolute Gasteiger partial charge is 0.489 e. The molecular weight excluding hydrogens is 288 g/mol. The van der Waals surface area contributed by atoms with Crippen LogP contribution in [-0.2, 0) is 19.4 Å². The van der Waals surface area contributed by atoms with Crippen molar-refractivity contribution in [1.82, 2.24) is 5.16 Å². The van der Waals surface area contributed by atoms with Crippen molar-refractivity contribution < 1.29 is 9.26 Å². The third-order valence-corrected chi connectivity index (χ3v) is 4.67. The number of nitrogens with two attached hydrogens (primary N) is 1. The van der Waals surface area contributed by atoms with Gasteiger partial charge in [0.15, 0.2) is 11.4 Å². The molecule has 0 unspecified atom stereocenters. The maximum absolute atomic E-state index is 6.00. The average Bonchev–Trinajstić information content (AvgIpc) is 2.93. The highest BCUT2D eigenvalue weighted by Crippen LogP contribution is 2.28. The molecule has 1 heterocycles.